The van der Waals surface area contributed by atoms with Gasteiger partial charge in [-0.25, -0.2) is 4.39 Å². The molecule has 0 aromatic heterocycles. The van der Waals surface area contributed by atoms with Gasteiger partial charge in [0.25, 0.3) is 5.91 Å². The number of carbonyl (C=O) groups is 1. The lowest BCUT2D eigenvalue weighted by atomic mass is 9.87. The molecule has 2 rings (SSSR count). The second-order valence-corrected chi connectivity index (χ2v) is 7.52. The van der Waals surface area contributed by atoms with Gasteiger partial charge in [0, 0.05) is 5.69 Å². The smallest absolute Gasteiger partial charge is 0.279 e. The summed E-state index contributed by atoms with van der Waals surface area (Å²) in [6.45, 7) is 8.04. The number of ether oxygens (including phenoxy) is 1. The monoisotopic (exact) mass is 389 g/mol. The maximum Gasteiger partial charge on any atom is 0.279 e. The van der Waals surface area contributed by atoms with E-state index in [1.54, 1.807) is 6.92 Å². The molecule has 2 aromatic carbocycles. The highest BCUT2D eigenvalue weighted by Gasteiger charge is 2.16. The lowest BCUT2D eigenvalue weighted by Gasteiger charge is -2.20. The first-order valence-electron chi connectivity index (χ1n) is 8.55. The largest absolute Gasteiger partial charge is 0.481 e. The van der Waals surface area contributed by atoms with Gasteiger partial charge in [-0.2, -0.15) is 0 Å². The Bertz CT molecular complexity index is 786. The number of hydrazine groups is 1. The van der Waals surface area contributed by atoms with Crippen molar-refractivity contribution in [3.63, 3.8) is 0 Å². The Labute approximate surface area is 164 Å². The summed E-state index contributed by atoms with van der Waals surface area (Å²) in [6.07, 6.45) is -0.716. The molecule has 0 saturated heterocycles. The van der Waals surface area contributed by atoms with Crippen LogP contribution in [0.3, 0.4) is 0 Å². The van der Waals surface area contributed by atoms with E-state index in [9.17, 15) is 9.18 Å². The van der Waals surface area contributed by atoms with Crippen LogP contribution < -0.4 is 20.9 Å². The molecule has 144 valence electrons. The summed E-state index contributed by atoms with van der Waals surface area (Å²) < 4.78 is 18.5. The molecular weight excluding hydrogens is 365 g/mol. The number of carbonyl (C=O) groups excluding carboxylic acids is 1. The van der Waals surface area contributed by atoms with Gasteiger partial charge in [0.1, 0.15) is 11.6 Å². The van der Waals surface area contributed by atoms with Gasteiger partial charge in [-0.05, 0) is 66.5 Å². The normalized spacial score (nSPS) is 12.0. The zero-order valence-corrected chi connectivity index (χ0v) is 16.6. The van der Waals surface area contributed by atoms with Crippen LogP contribution in [0.2, 0.25) is 0 Å². The zero-order chi connectivity index (χ0) is 20.0. The van der Waals surface area contributed by atoms with Crippen molar-refractivity contribution in [2.24, 2.45) is 0 Å². The highest BCUT2D eigenvalue weighted by Crippen LogP contribution is 2.24. The average molecular weight is 389 g/mol. The minimum Gasteiger partial charge on any atom is -0.481 e. The SMILES string of the molecule is C[C@@H](Oc1ccc(C(C)(C)C)cc1)C(=O)NNC(=S)Nc1ccc(F)cc1. The van der Waals surface area contributed by atoms with Crippen LogP contribution in [0, 0.1) is 5.82 Å². The van der Waals surface area contributed by atoms with E-state index in [1.165, 1.54) is 29.8 Å². The van der Waals surface area contributed by atoms with E-state index in [4.69, 9.17) is 17.0 Å². The van der Waals surface area contributed by atoms with Crippen LogP contribution in [0.1, 0.15) is 33.3 Å². The van der Waals surface area contributed by atoms with E-state index in [2.05, 4.69) is 36.9 Å². The quantitative estimate of drug-likeness (QED) is 0.547. The summed E-state index contributed by atoms with van der Waals surface area (Å²) in [5, 5.41) is 3.01. The fourth-order valence-corrected chi connectivity index (χ4v) is 2.38. The number of amides is 1. The van der Waals surface area contributed by atoms with Crippen molar-refractivity contribution in [3.8, 4) is 5.75 Å². The number of rotatable bonds is 4. The Kier molecular flexibility index (Phi) is 6.74. The number of benzene rings is 2. The fourth-order valence-electron chi connectivity index (χ4n) is 2.21. The molecule has 5 nitrogen and oxygen atoms in total. The van der Waals surface area contributed by atoms with Crippen molar-refractivity contribution in [1.29, 1.82) is 0 Å². The molecule has 0 fully saturated rings. The topological polar surface area (TPSA) is 62.4 Å². The Hall–Kier alpha value is -2.67. The molecule has 0 aliphatic heterocycles. The molecule has 7 heteroatoms. The second kappa shape index (κ2) is 8.81. The number of thiocarbonyl (C=S) groups is 1. The van der Waals surface area contributed by atoms with Gasteiger partial charge >= 0.3 is 0 Å². The minimum absolute atomic E-state index is 0.0542. The third-order valence-electron chi connectivity index (χ3n) is 3.80. The van der Waals surface area contributed by atoms with E-state index in [0.717, 1.165) is 0 Å². The molecule has 0 aliphatic rings. The molecule has 0 saturated carbocycles. The number of hydrogen-bond donors (Lipinski definition) is 3. The third kappa shape index (κ3) is 6.53. The molecule has 0 radical (unpaired) electrons. The van der Waals surface area contributed by atoms with Crippen molar-refractivity contribution >= 4 is 28.9 Å². The van der Waals surface area contributed by atoms with E-state index >= 15 is 0 Å². The van der Waals surface area contributed by atoms with Crippen LogP contribution in [0.25, 0.3) is 0 Å². The van der Waals surface area contributed by atoms with Crippen LogP contribution in [0.15, 0.2) is 48.5 Å². The van der Waals surface area contributed by atoms with E-state index in [-0.39, 0.29) is 22.3 Å². The molecule has 0 spiro atoms. The number of anilines is 1. The molecule has 0 aliphatic carbocycles. The first-order valence-corrected chi connectivity index (χ1v) is 8.95. The Morgan fingerprint density at radius 3 is 2.19 bits per heavy atom. The summed E-state index contributed by atoms with van der Waals surface area (Å²) in [4.78, 5) is 12.1. The summed E-state index contributed by atoms with van der Waals surface area (Å²) in [5.74, 6) is -0.106. The second-order valence-electron chi connectivity index (χ2n) is 7.11. The lowest BCUT2D eigenvalue weighted by molar-refractivity contribution is -0.127. The van der Waals surface area contributed by atoms with Crippen molar-refractivity contribution in [2.45, 2.75) is 39.2 Å². The van der Waals surface area contributed by atoms with E-state index < -0.39 is 6.10 Å². The van der Waals surface area contributed by atoms with Crippen molar-refractivity contribution in [2.75, 3.05) is 5.32 Å². The molecule has 27 heavy (non-hydrogen) atoms. The van der Waals surface area contributed by atoms with Gasteiger partial charge in [0.05, 0.1) is 0 Å². The van der Waals surface area contributed by atoms with Crippen LogP contribution in [-0.4, -0.2) is 17.1 Å². The molecule has 3 N–H and O–H groups in total. The molecule has 1 atom stereocenters. The van der Waals surface area contributed by atoms with Crippen LogP contribution >= 0.6 is 12.2 Å². The predicted octanol–water partition coefficient (Wildman–Crippen LogP) is 3.91. The maximum absolute atomic E-state index is 12.9. The zero-order valence-electron chi connectivity index (χ0n) is 15.8. The Morgan fingerprint density at radius 2 is 1.63 bits per heavy atom. The molecule has 1 amide bonds. The number of halogens is 1. The lowest BCUT2D eigenvalue weighted by Crippen LogP contribution is -2.48. The molecule has 0 heterocycles. The standard InChI is InChI=1S/C20H24FN3O2S/c1-13(26-17-11-5-14(6-12-17)20(2,3)4)18(25)23-24-19(27)22-16-9-7-15(21)8-10-16/h5-13H,1-4H3,(H,23,25)(H2,22,24,27)/t13-/m1/s1. The van der Waals surface area contributed by atoms with Gasteiger partial charge in [0.15, 0.2) is 11.2 Å². The summed E-state index contributed by atoms with van der Waals surface area (Å²) in [7, 11) is 0. The van der Waals surface area contributed by atoms with Crippen molar-refractivity contribution < 1.29 is 13.9 Å². The van der Waals surface area contributed by atoms with Crippen LogP contribution in [0.4, 0.5) is 10.1 Å². The molecule has 0 unspecified atom stereocenters. The van der Waals surface area contributed by atoms with E-state index in [1.807, 2.05) is 24.3 Å². The van der Waals surface area contributed by atoms with Crippen molar-refractivity contribution in [3.05, 3.63) is 59.9 Å². The van der Waals surface area contributed by atoms with Gasteiger partial charge in [-0.1, -0.05) is 32.9 Å². The maximum atomic E-state index is 12.9. The summed E-state index contributed by atoms with van der Waals surface area (Å²) in [6, 6.07) is 13.4. The van der Waals surface area contributed by atoms with Crippen LogP contribution in [0.5, 0.6) is 5.75 Å². The molecule has 2 aromatic rings. The first-order chi connectivity index (χ1) is 12.6. The molecular formula is C20H24FN3O2S. The van der Waals surface area contributed by atoms with Gasteiger partial charge in [-0.3, -0.25) is 15.6 Å². The highest BCUT2D eigenvalue weighted by atomic mass is 32.1. The predicted molar refractivity (Wildman–Crippen MR) is 109 cm³/mol. The van der Waals surface area contributed by atoms with Crippen molar-refractivity contribution in [1.82, 2.24) is 10.9 Å². The average Bonchev–Trinajstić information content (AvgIpc) is 2.61. The highest BCUT2D eigenvalue weighted by molar-refractivity contribution is 7.80. The summed E-state index contributed by atoms with van der Waals surface area (Å²) in [5.41, 5.74) is 6.91. The minimum atomic E-state index is -0.716. The van der Waals surface area contributed by atoms with Gasteiger partial charge in [-0.15, -0.1) is 0 Å². The summed E-state index contributed by atoms with van der Waals surface area (Å²) >= 11 is 5.08. The Balaban J connectivity index is 1.81. The molecule has 0 bridgehead atoms. The third-order valence-corrected chi connectivity index (χ3v) is 4.01. The van der Waals surface area contributed by atoms with Gasteiger partial charge in [0.2, 0.25) is 0 Å². The Morgan fingerprint density at radius 1 is 1.04 bits per heavy atom. The fraction of sp³-hybridized carbons (Fsp3) is 0.300. The van der Waals surface area contributed by atoms with E-state index in [0.29, 0.717) is 11.4 Å². The first kappa shape index (κ1) is 20.6. The number of nitrogens with one attached hydrogen (secondary N) is 3. The van der Waals surface area contributed by atoms with Gasteiger partial charge < -0.3 is 10.1 Å². The number of hydrogen-bond acceptors (Lipinski definition) is 3. The van der Waals surface area contributed by atoms with Crippen LogP contribution in [-0.2, 0) is 10.2 Å².